The number of rotatable bonds is 3. The number of anilines is 2. The maximum Gasteiger partial charge on any atom is 0.190 e. The third-order valence-corrected chi connectivity index (χ3v) is 6.76. The van der Waals surface area contributed by atoms with Crippen LogP contribution < -0.4 is 5.32 Å². The highest BCUT2D eigenvalue weighted by Crippen LogP contribution is 2.39. The number of Topliss-reactive ketones (excluding diaryl/α,β-unsaturated/α-hetero) is 1. The zero-order valence-electron chi connectivity index (χ0n) is 13.7. The number of nitrogens with zero attached hydrogens (tertiary/aromatic N) is 2. The molecule has 0 radical (unpaired) electrons. The molecule has 1 N–H and O–H groups in total. The predicted molar refractivity (Wildman–Crippen MR) is 103 cm³/mol. The SMILES string of the molecule is CSc1ccc2nc(Nc3nc4c(s3)C(=O)CC(C)(C)C4)sc2c1. The molecule has 1 aliphatic carbocycles. The van der Waals surface area contributed by atoms with E-state index in [0.29, 0.717) is 6.42 Å². The zero-order valence-corrected chi connectivity index (χ0v) is 16.1. The summed E-state index contributed by atoms with van der Waals surface area (Å²) in [6, 6.07) is 6.28. The fourth-order valence-corrected chi connectivity index (χ4v) is 5.35. The van der Waals surface area contributed by atoms with Crippen LogP contribution in [0, 0.1) is 5.41 Å². The highest BCUT2D eigenvalue weighted by Gasteiger charge is 2.33. The number of hydrogen-bond acceptors (Lipinski definition) is 7. The lowest BCUT2D eigenvalue weighted by Crippen LogP contribution is -2.25. The lowest BCUT2D eigenvalue weighted by Gasteiger charge is -2.26. The first-order valence-electron chi connectivity index (χ1n) is 7.68. The van der Waals surface area contributed by atoms with Crippen LogP contribution in [-0.4, -0.2) is 22.0 Å². The number of carbonyl (C=O) groups is 1. The average Bonchev–Trinajstić information content (AvgIpc) is 3.08. The molecule has 124 valence electrons. The van der Waals surface area contributed by atoms with E-state index in [1.807, 2.05) is 6.07 Å². The van der Waals surface area contributed by atoms with Crippen molar-refractivity contribution in [3.8, 4) is 0 Å². The molecule has 0 aliphatic heterocycles. The predicted octanol–water partition coefficient (Wildman–Crippen LogP) is 5.37. The fourth-order valence-electron chi connectivity index (χ4n) is 2.95. The smallest absolute Gasteiger partial charge is 0.190 e. The van der Waals surface area contributed by atoms with Gasteiger partial charge in [-0.25, -0.2) is 9.97 Å². The summed E-state index contributed by atoms with van der Waals surface area (Å²) in [5.74, 6) is 0.209. The van der Waals surface area contributed by atoms with Crippen molar-refractivity contribution in [1.82, 2.24) is 9.97 Å². The molecule has 0 unspecified atom stereocenters. The average molecular weight is 376 g/mol. The summed E-state index contributed by atoms with van der Waals surface area (Å²) in [6.45, 7) is 4.24. The molecule has 4 rings (SSSR count). The van der Waals surface area contributed by atoms with Crippen LogP contribution in [0.3, 0.4) is 0 Å². The van der Waals surface area contributed by atoms with Crippen molar-refractivity contribution in [3.05, 3.63) is 28.8 Å². The van der Waals surface area contributed by atoms with Crippen LogP contribution in [0.2, 0.25) is 0 Å². The van der Waals surface area contributed by atoms with Crippen molar-refractivity contribution in [2.75, 3.05) is 11.6 Å². The summed E-state index contributed by atoms with van der Waals surface area (Å²) in [6.07, 6.45) is 3.52. The molecule has 3 aromatic rings. The first-order valence-corrected chi connectivity index (χ1v) is 10.5. The van der Waals surface area contributed by atoms with E-state index in [0.717, 1.165) is 37.5 Å². The number of thioether (sulfide) groups is 1. The molecule has 7 heteroatoms. The number of aromatic nitrogens is 2. The molecule has 1 aliphatic rings. The van der Waals surface area contributed by atoms with E-state index < -0.39 is 0 Å². The Morgan fingerprint density at radius 2 is 1.96 bits per heavy atom. The summed E-state index contributed by atoms with van der Waals surface area (Å²) in [7, 11) is 0. The summed E-state index contributed by atoms with van der Waals surface area (Å²) in [4.78, 5) is 23.6. The van der Waals surface area contributed by atoms with E-state index in [1.54, 1.807) is 23.1 Å². The number of ketones is 1. The van der Waals surface area contributed by atoms with Crippen LogP contribution in [-0.2, 0) is 6.42 Å². The maximum atomic E-state index is 12.3. The van der Waals surface area contributed by atoms with Crippen LogP contribution in [0.5, 0.6) is 0 Å². The first kappa shape index (κ1) is 16.1. The van der Waals surface area contributed by atoms with Crippen molar-refractivity contribution < 1.29 is 4.79 Å². The number of benzene rings is 1. The molecule has 0 bridgehead atoms. The quantitative estimate of drug-likeness (QED) is 0.623. The third kappa shape index (κ3) is 2.96. The monoisotopic (exact) mass is 375 g/mol. The van der Waals surface area contributed by atoms with Crippen molar-refractivity contribution >= 4 is 60.7 Å². The van der Waals surface area contributed by atoms with Gasteiger partial charge in [-0.2, -0.15) is 0 Å². The Balaban J connectivity index is 1.63. The molecule has 2 heterocycles. The molecule has 0 saturated carbocycles. The number of carbonyl (C=O) groups excluding carboxylic acids is 1. The summed E-state index contributed by atoms with van der Waals surface area (Å²) < 4.78 is 1.16. The minimum absolute atomic E-state index is 0.000487. The number of hydrogen-bond donors (Lipinski definition) is 1. The number of nitrogens with one attached hydrogen (secondary N) is 1. The van der Waals surface area contributed by atoms with Gasteiger partial charge in [0.25, 0.3) is 0 Å². The van der Waals surface area contributed by atoms with E-state index in [9.17, 15) is 4.79 Å². The van der Waals surface area contributed by atoms with Crippen molar-refractivity contribution in [2.24, 2.45) is 5.41 Å². The van der Waals surface area contributed by atoms with Gasteiger partial charge in [-0.05, 0) is 36.3 Å². The Hall–Kier alpha value is -1.44. The Labute approximate surface area is 152 Å². The summed E-state index contributed by atoms with van der Waals surface area (Å²) in [5, 5.41) is 4.87. The molecule has 0 atom stereocenters. The molecule has 24 heavy (non-hydrogen) atoms. The minimum atomic E-state index is -0.000487. The van der Waals surface area contributed by atoms with E-state index in [4.69, 9.17) is 0 Å². The standard InChI is InChI=1S/C17H17N3OS3/c1-17(2)7-11-14(12(21)8-17)24-16(19-11)20-15-18-10-5-4-9(22-3)6-13(10)23-15/h4-6H,7-8H2,1-3H3,(H,18,19,20). The Kier molecular flexibility index (Phi) is 3.89. The molecule has 2 aromatic heterocycles. The molecule has 0 fully saturated rings. The minimum Gasteiger partial charge on any atom is -0.307 e. The van der Waals surface area contributed by atoms with Gasteiger partial charge in [0, 0.05) is 11.3 Å². The van der Waals surface area contributed by atoms with Gasteiger partial charge in [-0.1, -0.05) is 36.5 Å². The Morgan fingerprint density at radius 3 is 2.75 bits per heavy atom. The molecule has 0 saturated heterocycles. The lowest BCUT2D eigenvalue weighted by atomic mass is 9.78. The van der Waals surface area contributed by atoms with Gasteiger partial charge in [0.15, 0.2) is 16.0 Å². The van der Waals surface area contributed by atoms with Crippen LogP contribution in [0.4, 0.5) is 10.3 Å². The van der Waals surface area contributed by atoms with Crippen LogP contribution >= 0.6 is 34.4 Å². The molecule has 0 amide bonds. The topological polar surface area (TPSA) is 54.9 Å². The fraction of sp³-hybridized carbons (Fsp3) is 0.353. The van der Waals surface area contributed by atoms with Crippen LogP contribution in [0.15, 0.2) is 23.1 Å². The van der Waals surface area contributed by atoms with Gasteiger partial charge in [0.1, 0.15) is 0 Å². The molecule has 1 aromatic carbocycles. The second kappa shape index (κ2) is 5.82. The number of thiazole rings is 2. The maximum absolute atomic E-state index is 12.3. The van der Waals surface area contributed by atoms with Gasteiger partial charge < -0.3 is 5.32 Å². The summed E-state index contributed by atoms with van der Waals surface area (Å²) in [5.41, 5.74) is 1.91. The molecular weight excluding hydrogens is 358 g/mol. The van der Waals surface area contributed by atoms with Crippen molar-refractivity contribution in [2.45, 2.75) is 31.6 Å². The van der Waals surface area contributed by atoms with Gasteiger partial charge in [0.05, 0.1) is 20.8 Å². The van der Waals surface area contributed by atoms with E-state index in [1.165, 1.54) is 16.2 Å². The third-order valence-electron chi connectivity index (χ3n) is 4.05. The van der Waals surface area contributed by atoms with Gasteiger partial charge in [-0.15, -0.1) is 11.8 Å². The van der Waals surface area contributed by atoms with E-state index >= 15 is 0 Å². The van der Waals surface area contributed by atoms with Crippen molar-refractivity contribution in [3.63, 3.8) is 0 Å². The highest BCUT2D eigenvalue weighted by atomic mass is 32.2. The molecule has 0 spiro atoms. The van der Waals surface area contributed by atoms with Crippen molar-refractivity contribution in [1.29, 1.82) is 0 Å². The number of fused-ring (bicyclic) bond motifs is 2. The molecular formula is C17H17N3OS3. The lowest BCUT2D eigenvalue weighted by molar-refractivity contribution is 0.0916. The second-order valence-electron chi connectivity index (χ2n) is 6.71. The van der Waals surface area contributed by atoms with Crippen LogP contribution in [0.25, 0.3) is 10.2 Å². The molecule has 4 nitrogen and oxygen atoms in total. The van der Waals surface area contributed by atoms with E-state index in [2.05, 4.69) is 47.5 Å². The normalized spacial score (nSPS) is 16.4. The summed E-state index contributed by atoms with van der Waals surface area (Å²) >= 11 is 4.79. The zero-order chi connectivity index (χ0) is 16.9. The first-order chi connectivity index (χ1) is 11.4. The highest BCUT2D eigenvalue weighted by molar-refractivity contribution is 7.98. The second-order valence-corrected chi connectivity index (χ2v) is 9.62. The Morgan fingerprint density at radius 1 is 1.17 bits per heavy atom. The Bertz CT molecular complexity index is 942. The van der Waals surface area contributed by atoms with Crippen LogP contribution in [0.1, 0.15) is 35.6 Å². The van der Waals surface area contributed by atoms with Gasteiger partial charge in [0.2, 0.25) is 0 Å². The largest absolute Gasteiger partial charge is 0.307 e. The van der Waals surface area contributed by atoms with E-state index in [-0.39, 0.29) is 11.2 Å². The van der Waals surface area contributed by atoms with Gasteiger partial charge in [-0.3, -0.25) is 4.79 Å². The van der Waals surface area contributed by atoms with Gasteiger partial charge >= 0.3 is 0 Å².